The van der Waals surface area contributed by atoms with E-state index in [2.05, 4.69) is 29.4 Å². The van der Waals surface area contributed by atoms with Gasteiger partial charge in [-0.15, -0.1) is 0 Å². The minimum Gasteiger partial charge on any atom is -0.350 e. The van der Waals surface area contributed by atoms with Crippen LogP contribution in [0.3, 0.4) is 0 Å². The lowest BCUT2D eigenvalue weighted by molar-refractivity contribution is -0.133. The van der Waals surface area contributed by atoms with E-state index in [0.717, 1.165) is 28.6 Å². The molecule has 0 saturated heterocycles. The second-order valence-corrected chi connectivity index (χ2v) is 9.01. The molecular formula is C28H28N4O2. The quantitative estimate of drug-likeness (QED) is 0.474. The molecule has 1 aliphatic rings. The second kappa shape index (κ2) is 8.78. The van der Waals surface area contributed by atoms with Gasteiger partial charge in [0, 0.05) is 13.1 Å². The number of aryl methyl sites for hydroxylation is 1. The Balaban J connectivity index is 1.52. The number of para-hydroxylation sites is 2. The molecule has 0 bridgehead atoms. The summed E-state index contributed by atoms with van der Waals surface area (Å²) in [5.41, 5.74) is 3.77. The number of nitrogens with zero attached hydrogens (tertiary/aromatic N) is 3. The van der Waals surface area contributed by atoms with Crippen molar-refractivity contribution in [1.29, 1.82) is 0 Å². The van der Waals surface area contributed by atoms with Crippen molar-refractivity contribution in [2.24, 2.45) is 0 Å². The number of hydrogen-bond acceptors (Lipinski definition) is 3. The Labute approximate surface area is 199 Å². The largest absolute Gasteiger partial charge is 0.350 e. The number of carbonyl (C=O) groups excluding carboxylic acids is 2. The summed E-state index contributed by atoms with van der Waals surface area (Å²) in [7, 11) is 0. The molecule has 172 valence electrons. The number of hydrogen-bond donors (Lipinski definition) is 1. The van der Waals surface area contributed by atoms with E-state index in [1.807, 2.05) is 78.2 Å². The van der Waals surface area contributed by atoms with Gasteiger partial charge in [-0.05, 0) is 42.2 Å². The first-order valence-electron chi connectivity index (χ1n) is 11.7. The molecule has 4 aromatic rings. The Morgan fingerprint density at radius 3 is 2.35 bits per heavy atom. The van der Waals surface area contributed by atoms with Gasteiger partial charge >= 0.3 is 0 Å². The van der Waals surface area contributed by atoms with Gasteiger partial charge < -0.3 is 14.8 Å². The van der Waals surface area contributed by atoms with Crippen molar-refractivity contribution in [3.8, 4) is 0 Å². The van der Waals surface area contributed by atoms with E-state index in [-0.39, 0.29) is 11.8 Å². The van der Waals surface area contributed by atoms with E-state index < -0.39 is 5.54 Å². The number of imidazole rings is 1. The predicted octanol–water partition coefficient (Wildman–Crippen LogP) is 4.33. The molecular weight excluding hydrogens is 424 g/mol. The van der Waals surface area contributed by atoms with Gasteiger partial charge in [0.15, 0.2) is 5.82 Å². The molecule has 1 aromatic heterocycles. The fraction of sp³-hybridized carbons (Fsp3) is 0.250. The summed E-state index contributed by atoms with van der Waals surface area (Å²) >= 11 is 0. The summed E-state index contributed by atoms with van der Waals surface area (Å²) in [5.74, 6) is -0.0441. The topological polar surface area (TPSA) is 67.2 Å². The van der Waals surface area contributed by atoms with Gasteiger partial charge in [0.1, 0.15) is 5.54 Å². The zero-order chi connectivity index (χ0) is 23.7. The van der Waals surface area contributed by atoms with Crippen LogP contribution in [0, 0.1) is 0 Å². The molecule has 0 unspecified atom stereocenters. The van der Waals surface area contributed by atoms with Crippen molar-refractivity contribution in [2.75, 3.05) is 0 Å². The highest BCUT2D eigenvalue weighted by molar-refractivity contribution is 6.01. The average molecular weight is 453 g/mol. The predicted molar refractivity (Wildman–Crippen MR) is 132 cm³/mol. The lowest BCUT2D eigenvalue weighted by Gasteiger charge is -2.43. The monoisotopic (exact) mass is 452 g/mol. The molecule has 6 nitrogen and oxygen atoms in total. The third kappa shape index (κ3) is 3.85. The Bertz CT molecular complexity index is 1340. The third-order valence-electron chi connectivity index (χ3n) is 6.71. The highest BCUT2D eigenvalue weighted by atomic mass is 16.2. The van der Waals surface area contributed by atoms with Crippen molar-refractivity contribution < 1.29 is 9.59 Å². The summed E-state index contributed by atoms with van der Waals surface area (Å²) in [4.78, 5) is 33.7. The normalized spacial score (nSPS) is 17.6. The van der Waals surface area contributed by atoms with Crippen molar-refractivity contribution >= 4 is 22.8 Å². The van der Waals surface area contributed by atoms with Crippen LogP contribution in [-0.2, 0) is 30.8 Å². The van der Waals surface area contributed by atoms with Crippen molar-refractivity contribution in [1.82, 2.24) is 19.8 Å². The van der Waals surface area contributed by atoms with Crippen molar-refractivity contribution in [2.45, 2.75) is 45.4 Å². The number of carbonyl (C=O) groups is 2. The highest BCUT2D eigenvalue weighted by Gasteiger charge is 2.48. The van der Waals surface area contributed by atoms with Crippen LogP contribution in [0.25, 0.3) is 11.0 Å². The van der Waals surface area contributed by atoms with E-state index in [1.165, 1.54) is 5.56 Å². The molecule has 1 N–H and O–H groups in total. The van der Waals surface area contributed by atoms with Crippen LogP contribution in [-0.4, -0.2) is 31.8 Å². The van der Waals surface area contributed by atoms with E-state index >= 15 is 0 Å². The maximum Gasteiger partial charge on any atom is 0.291 e. The Morgan fingerprint density at radius 2 is 1.62 bits per heavy atom. The molecule has 0 spiro atoms. The van der Waals surface area contributed by atoms with Crippen molar-refractivity contribution in [3.63, 3.8) is 0 Å². The lowest BCUT2D eigenvalue weighted by atomic mass is 9.94. The van der Waals surface area contributed by atoms with Gasteiger partial charge in [0.2, 0.25) is 5.91 Å². The molecule has 0 radical (unpaired) electrons. The first-order chi connectivity index (χ1) is 16.5. The molecule has 1 atom stereocenters. The summed E-state index contributed by atoms with van der Waals surface area (Å²) in [6, 6.07) is 25.7. The Hall–Kier alpha value is -3.93. The highest BCUT2D eigenvalue weighted by Crippen LogP contribution is 2.32. The maximum atomic E-state index is 13.8. The van der Waals surface area contributed by atoms with Crippen LogP contribution < -0.4 is 5.32 Å². The van der Waals surface area contributed by atoms with Gasteiger partial charge in [0.05, 0.1) is 17.6 Å². The number of amides is 2. The smallest absolute Gasteiger partial charge is 0.291 e. The van der Waals surface area contributed by atoms with E-state index in [9.17, 15) is 9.59 Å². The minimum atomic E-state index is -1.08. The van der Waals surface area contributed by atoms with Crippen molar-refractivity contribution in [3.05, 3.63) is 101 Å². The van der Waals surface area contributed by atoms with E-state index in [0.29, 0.717) is 25.5 Å². The van der Waals surface area contributed by atoms with Crippen LogP contribution in [0.4, 0.5) is 0 Å². The molecule has 3 aromatic carbocycles. The van der Waals surface area contributed by atoms with Gasteiger partial charge in [-0.3, -0.25) is 9.59 Å². The third-order valence-corrected chi connectivity index (χ3v) is 6.71. The molecule has 0 fully saturated rings. The first kappa shape index (κ1) is 21.9. The lowest BCUT2D eigenvalue weighted by Crippen LogP contribution is -2.63. The Morgan fingerprint density at radius 1 is 0.941 bits per heavy atom. The maximum absolute atomic E-state index is 13.8. The summed E-state index contributed by atoms with van der Waals surface area (Å²) in [6.45, 7) is 5.04. The van der Waals surface area contributed by atoms with Gasteiger partial charge in [-0.2, -0.15) is 0 Å². The number of rotatable bonds is 6. The molecule has 1 aliphatic heterocycles. The van der Waals surface area contributed by atoms with E-state index in [1.54, 1.807) is 4.90 Å². The molecule has 6 heteroatoms. The second-order valence-electron chi connectivity index (χ2n) is 9.01. The summed E-state index contributed by atoms with van der Waals surface area (Å²) in [5, 5.41) is 3.07. The Kier molecular flexibility index (Phi) is 5.65. The van der Waals surface area contributed by atoms with Crippen LogP contribution in [0.5, 0.6) is 0 Å². The van der Waals surface area contributed by atoms with Crippen LogP contribution >= 0.6 is 0 Å². The van der Waals surface area contributed by atoms with Crippen LogP contribution in [0.1, 0.15) is 41.2 Å². The number of nitrogens with one attached hydrogen (secondary N) is 1. The van der Waals surface area contributed by atoms with Crippen LogP contribution in [0.2, 0.25) is 0 Å². The molecule has 0 aliphatic carbocycles. The number of aromatic nitrogens is 2. The SMILES string of the molecule is CCc1ccc(CN2C(=O)c3nc4ccccc4n3C[C@@]2(C)C(=O)NCc2ccccc2)cc1. The number of benzene rings is 3. The van der Waals surface area contributed by atoms with Gasteiger partial charge in [-0.25, -0.2) is 4.98 Å². The molecule has 2 amide bonds. The number of fused-ring (bicyclic) bond motifs is 3. The standard InChI is InChI=1S/C28H28N4O2/c1-3-20-13-15-22(16-14-20)18-32-26(33)25-30-23-11-7-8-12-24(23)31(25)19-28(32,2)27(34)29-17-21-9-5-4-6-10-21/h4-16H,3,17-19H2,1-2H3,(H,29,34)/t28-/m0/s1. The molecule has 5 rings (SSSR count). The first-order valence-corrected chi connectivity index (χ1v) is 11.7. The summed E-state index contributed by atoms with van der Waals surface area (Å²) in [6.07, 6.45) is 0.951. The van der Waals surface area contributed by atoms with Gasteiger partial charge in [0.25, 0.3) is 5.91 Å². The molecule has 0 saturated carbocycles. The minimum absolute atomic E-state index is 0.182. The summed E-state index contributed by atoms with van der Waals surface area (Å²) < 4.78 is 1.89. The van der Waals surface area contributed by atoms with Crippen LogP contribution in [0.15, 0.2) is 78.9 Å². The van der Waals surface area contributed by atoms with E-state index in [4.69, 9.17) is 0 Å². The fourth-order valence-corrected chi connectivity index (χ4v) is 4.61. The molecule has 34 heavy (non-hydrogen) atoms. The average Bonchev–Trinajstić information content (AvgIpc) is 3.24. The fourth-order valence-electron chi connectivity index (χ4n) is 4.61. The zero-order valence-electron chi connectivity index (χ0n) is 19.5. The van der Waals surface area contributed by atoms with Gasteiger partial charge in [-0.1, -0.05) is 73.7 Å². The molecule has 2 heterocycles. The zero-order valence-corrected chi connectivity index (χ0v) is 19.5.